The maximum Gasteiger partial charge on any atom is 0.243 e. The summed E-state index contributed by atoms with van der Waals surface area (Å²) >= 11 is 0. The second-order valence-corrected chi connectivity index (χ2v) is 10.4. The summed E-state index contributed by atoms with van der Waals surface area (Å²) in [6.07, 6.45) is 5.05. The number of carbonyl (C=O) groups excluding carboxylic acids is 1. The van der Waals surface area contributed by atoms with Crippen LogP contribution in [-0.2, 0) is 14.8 Å². The number of carbonyl (C=O) groups is 1. The van der Waals surface area contributed by atoms with Gasteiger partial charge in [0.15, 0.2) is 0 Å². The Morgan fingerprint density at radius 3 is 2.28 bits per heavy atom. The number of ether oxygens (including phenoxy) is 1. The van der Waals surface area contributed by atoms with Crippen molar-refractivity contribution in [2.45, 2.75) is 37.0 Å². The summed E-state index contributed by atoms with van der Waals surface area (Å²) in [7, 11) is -2.11. The van der Waals surface area contributed by atoms with Crippen LogP contribution in [0.25, 0.3) is 0 Å². The molecule has 8 heteroatoms. The van der Waals surface area contributed by atoms with E-state index in [-0.39, 0.29) is 23.3 Å². The monoisotopic (exact) mass is 457 g/mol. The zero-order chi connectivity index (χ0) is 22.6. The first-order valence-corrected chi connectivity index (χ1v) is 12.7. The molecule has 2 saturated heterocycles. The lowest BCUT2D eigenvalue weighted by molar-refractivity contribution is -0.120. The first-order valence-electron chi connectivity index (χ1n) is 11.3. The number of nitrogens with zero attached hydrogens (tertiary/aromatic N) is 2. The number of nitrogens with one attached hydrogen (secondary N) is 1. The van der Waals surface area contributed by atoms with Gasteiger partial charge in [0.2, 0.25) is 15.9 Å². The van der Waals surface area contributed by atoms with Crippen molar-refractivity contribution in [3.63, 3.8) is 0 Å². The number of methoxy groups -OCH3 is 1. The molecule has 0 saturated carbocycles. The summed E-state index contributed by atoms with van der Waals surface area (Å²) in [6, 6.07) is 14.3. The Labute approximate surface area is 190 Å². The molecule has 4 rings (SSSR count). The number of sulfonamides is 1. The van der Waals surface area contributed by atoms with E-state index in [2.05, 4.69) is 10.2 Å². The van der Waals surface area contributed by atoms with Gasteiger partial charge in [-0.1, -0.05) is 0 Å². The number of anilines is 2. The molecule has 2 aliphatic heterocycles. The van der Waals surface area contributed by atoms with Crippen molar-refractivity contribution < 1.29 is 17.9 Å². The minimum absolute atomic E-state index is 0.134. The van der Waals surface area contributed by atoms with Gasteiger partial charge in [0.1, 0.15) is 5.75 Å². The second-order valence-electron chi connectivity index (χ2n) is 8.46. The number of amides is 1. The molecule has 1 N–H and O–H groups in total. The van der Waals surface area contributed by atoms with Crippen LogP contribution in [0.5, 0.6) is 5.75 Å². The fourth-order valence-corrected chi connectivity index (χ4v) is 5.95. The van der Waals surface area contributed by atoms with Crippen molar-refractivity contribution in [1.82, 2.24) is 4.31 Å². The van der Waals surface area contributed by atoms with Gasteiger partial charge < -0.3 is 15.0 Å². The molecule has 1 amide bonds. The normalized spacial score (nSPS) is 20.0. The SMILES string of the molecule is COc1ccc(S(=O)(=O)N2CCCC(C(=O)Nc3ccc(N4CCCCC4)cc3)C2)cc1. The molecule has 0 aliphatic carbocycles. The molecule has 1 atom stereocenters. The zero-order valence-electron chi connectivity index (χ0n) is 18.5. The molecule has 172 valence electrons. The third kappa shape index (κ3) is 5.07. The molecule has 1 unspecified atom stereocenters. The minimum atomic E-state index is -3.65. The van der Waals surface area contributed by atoms with Crippen molar-refractivity contribution in [3.8, 4) is 5.75 Å². The van der Waals surface area contributed by atoms with Crippen LogP contribution < -0.4 is 15.0 Å². The Morgan fingerprint density at radius 2 is 1.62 bits per heavy atom. The van der Waals surface area contributed by atoms with E-state index in [0.717, 1.165) is 18.8 Å². The molecule has 0 radical (unpaired) electrons. The Morgan fingerprint density at radius 1 is 0.938 bits per heavy atom. The lowest BCUT2D eigenvalue weighted by Gasteiger charge is -2.31. The smallest absolute Gasteiger partial charge is 0.243 e. The highest BCUT2D eigenvalue weighted by atomic mass is 32.2. The number of rotatable bonds is 6. The number of piperidine rings is 2. The molecule has 2 aliphatic rings. The quantitative estimate of drug-likeness (QED) is 0.715. The van der Waals surface area contributed by atoms with Gasteiger partial charge in [-0.2, -0.15) is 4.31 Å². The van der Waals surface area contributed by atoms with E-state index < -0.39 is 10.0 Å². The summed E-state index contributed by atoms with van der Waals surface area (Å²) in [6.45, 7) is 2.76. The fraction of sp³-hybridized carbons (Fsp3) is 0.458. The zero-order valence-corrected chi connectivity index (χ0v) is 19.3. The third-order valence-electron chi connectivity index (χ3n) is 6.31. The molecule has 7 nitrogen and oxygen atoms in total. The van der Waals surface area contributed by atoms with Gasteiger partial charge in [-0.25, -0.2) is 8.42 Å². The Kier molecular flexibility index (Phi) is 7.01. The molecule has 2 fully saturated rings. The topological polar surface area (TPSA) is 79.0 Å². The summed E-state index contributed by atoms with van der Waals surface area (Å²) in [4.78, 5) is 15.5. The van der Waals surface area contributed by atoms with Gasteiger partial charge in [-0.05, 0) is 80.6 Å². The summed E-state index contributed by atoms with van der Waals surface area (Å²) < 4.78 is 32.6. The van der Waals surface area contributed by atoms with Gasteiger partial charge in [-0.3, -0.25) is 4.79 Å². The van der Waals surface area contributed by atoms with Crippen LogP contribution >= 0.6 is 0 Å². The third-order valence-corrected chi connectivity index (χ3v) is 8.19. The van der Waals surface area contributed by atoms with Crippen LogP contribution in [0.1, 0.15) is 32.1 Å². The van der Waals surface area contributed by atoms with Crippen LogP contribution in [0.15, 0.2) is 53.4 Å². The van der Waals surface area contributed by atoms with Crippen molar-refractivity contribution >= 4 is 27.3 Å². The van der Waals surface area contributed by atoms with Crippen LogP contribution in [0, 0.1) is 5.92 Å². The highest BCUT2D eigenvalue weighted by Crippen LogP contribution is 2.27. The van der Waals surface area contributed by atoms with Gasteiger partial charge in [0, 0.05) is 37.6 Å². The minimum Gasteiger partial charge on any atom is -0.497 e. The van der Waals surface area contributed by atoms with E-state index in [4.69, 9.17) is 4.74 Å². The van der Waals surface area contributed by atoms with Crippen molar-refractivity contribution in [3.05, 3.63) is 48.5 Å². The molecule has 2 aromatic rings. The van der Waals surface area contributed by atoms with Crippen molar-refractivity contribution in [1.29, 1.82) is 0 Å². The lowest BCUT2D eigenvalue weighted by atomic mass is 9.98. The van der Waals surface area contributed by atoms with Crippen LogP contribution in [0.4, 0.5) is 11.4 Å². The summed E-state index contributed by atoms with van der Waals surface area (Å²) in [5.74, 6) is 0.0926. The maximum atomic E-state index is 13.0. The molecule has 2 aromatic carbocycles. The van der Waals surface area contributed by atoms with Crippen LogP contribution in [-0.4, -0.2) is 51.9 Å². The first-order chi connectivity index (χ1) is 15.5. The first kappa shape index (κ1) is 22.6. The molecular formula is C24H31N3O4S. The number of hydrogen-bond acceptors (Lipinski definition) is 5. The largest absolute Gasteiger partial charge is 0.497 e. The van der Waals surface area contributed by atoms with E-state index in [1.54, 1.807) is 31.4 Å². The van der Waals surface area contributed by atoms with Crippen LogP contribution in [0.2, 0.25) is 0 Å². The van der Waals surface area contributed by atoms with Gasteiger partial charge in [-0.15, -0.1) is 0 Å². The fourth-order valence-electron chi connectivity index (χ4n) is 4.42. The average Bonchev–Trinajstić information content (AvgIpc) is 2.85. The molecule has 0 aromatic heterocycles. The predicted molar refractivity (Wildman–Crippen MR) is 126 cm³/mol. The highest BCUT2D eigenvalue weighted by Gasteiger charge is 2.33. The summed E-state index contributed by atoms with van der Waals surface area (Å²) in [5.41, 5.74) is 1.92. The van der Waals surface area contributed by atoms with Crippen molar-refractivity contribution in [2.75, 3.05) is 43.5 Å². The molecule has 32 heavy (non-hydrogen) atoms. The van der Waals surface area contributed by atoms with E-state index >= 15 is 0 Å². The Hall–Kier alpha value is -2.58. The lowest BCUT2D eigenvalue weighted by Crippen LogP contribution is -2.43. The van der Waals surface area contributed by atoms with Gasteiger partial charge >= 0.3 is 0 Å². The number of hydrogen-bond donors (Lipinski definition) is 1. The van der Waals surface area contributed by atoms with E-state index in [9.17, 15) is 13.2 Å². The predicted octanol–water partition coefficient (Wildman–Crippen LogP) is 3.72. The standard InChI is InChI=1S/C24H31N3O4S/c1-31-22-11-13-23(14-12-22)32(29,30)27-17-5-6-19(18-27)24(28)25-20-7-9-21(10-8-20)26-15-3-2-4-16-26/h7-14,19H,2-6,15-18H2,1H3,(H,25,28). The summed E-state index contributed by atoms with van der Waals surface area (Å²) in [5, 5.41) is 2.97. The Bertz CT molecular complexity index is 1020. The molecular weight excluding hydrogens is 426 g/mol. The van der Waals surface area contributed by atoms with Crippen molar-refractivity contribution in [2.24, 2.45) is 5.92 Å². The van der Waals surface area contributed by atoms with E-state index in [1.165, 1.54) is 29.3 Å². The number of benzene rings is 2. The van der Waals surface area contributed by atoms with E-state index in [1.807, 2.05) is 24.3 Å². The van der Waals surface area contributed by atoms with Gasteiger partial charge in [0.05, 0.1) is 17.9 Å². The molecule has 2 heterocycles. The van der Waals surface area contributed by atoms with Crippen LogP contribution in [0.3, 0.4) is 0 Å². The maximum absolute atomic E-state index is 13.0. The highest BCUT2D eigenvalue weighted by molar-refractivity contribution is 7.89. The molecule has 0 bridgehead atoms. The molecule has 0 spiro atoms. The average molecular weight is 458 g/mol. The Balaban J connectivity index is 1.38. The second kappa shape index (κ2) is 9.92. The van der Waals surface area contributed by atoms with Gasteiger partial charge in [0.25, 0.3) is 0 Å². The van der Waals surface area contributed by atoms with E-state index in [0.29, 0.717) is 25.1 Å².